The van der Waals surface area contributed by atoms with Gasteiger partial charge in [-0.3, -0.25) is 14.5 Å². The highest BCUT2D eigenvalue weighted by Crippen LogP contribution is 2.30. The number of aromatic nitrogens is 1. The maximum Gasteiger partial charge on any atom is 0.325 e. The van der Waals surface area contributed by atoms with Crippen molar-refractivity contribution in [3.05, 3.63) is 34.7 Å². The molecular weight excluding hydrogens is 376 g/mol. The van der Waals surface area contributed by atoms with Crippen LogP contribution in [0.1, 0.15) is 37.8 Å². The maximum atomic E-state index is 12.4. The number of nitrogens with one attached hydrogen (secondary N) is 2. The second-order valence-electron chi connectivity index (χ2n) is 7.43. The van der Waals surface area contributed by atoms with Crippen LogP contribution in [-0.4, -0.2) is 39.8 Å². The van der Waals surface area contributed by atoms with Gasteiger partial charge < -0.3 is 10.6 Å². The Kier molecular flexibility index (Phi) is 4.66. The van der Waals surface area contributed by atoms with Gasteiger partial charge in [0.15, 0.2) is 5.13 Å². The topological polar surface area (TPSA) is 91.4 Å². The number of aryl methyl sites for hydroxylation is 2. The van der Waals surface area contributed by atoms with Gasteiger partial charge >= 0.3 is 6.03 Å². The molecule has 1 saturated heterocycles. The third-order valence-electron chi connectivity index (χ3n) is 5.50. The number of carbonyl (C=O) groups excluding carboxylic acids is 3. The van der Waals surface area contributed by atoms with Gasteiger partial charge in [0.05, 0.1) is 5.69 Å². The van der Waals surface area contributed by atoms with Gasteiger partial charge in [-0.1, -0.05) is 19.1 Å². The average Bonchev–Trinajstić information content (AvgIpc) is 3.37. The largest absolute Gasteiger partial charge is 0.325 e. The van der Waals surface area contributed by atoms with E-state index in [0.29, 0.717) is 11.6 Å². The molecule has 1 aliphatic carbocycles. The van der Waals surface area contributed by atoms with Crippen molar-refractivity contribution in [1.29, 1.82) is 0 Å². The lowest BCUT2D eigenvalue weighted by molar-refractivity contribution is -0.133. The molecule has 1 fully saturated rings. The van der Waals surface area contributed by atoms with E-state index in [4.69, 9.17) is 0 Å². The SMILES string of the molecule is CC[C@]1(C)NC(=O)N(CC(=O)Nc2nc(-c3ccc4c(c3)CCC4)cs2)C1=O. The highest BCUT2D eigenvalue weighted by Gasteiger charge is 2.47. The number of thiazole rings is 1. The molecule has 0 spiro atoms. The molecule has 0 unspecified atom stereocenters. The van der Waals surface area contributed by atoms with E-state index < -0.39 is 17.5 Å². The minimum atomic E-state index is -0.945. The summed E-state index contributed by atoms with van der Waals surface area (Å²) in [5.41, 5.74) is 3.67. The third kappa shape index (κ3) is 3.28. The van der Waals surface area contributed by atoms with E-state index in [-0.39, 0.29) is 12.5 Å². The molecule has 2 N–H and O–H groups in total. The first kappa shape index (κ1) is 18.6. The van der Waals surface area contributed by atoms with Crippen molar-refractivity contribution in [2.24, 2.45) is 0 Å². The molecule has 28 heavy (non-hydrogen) atoms. The molecule has 2 aromatic rings. The second kappa shape index (κ2) is 7.01. The molecule has 1 aromatic heterocycles. The quantitative estimate of drug-likeness (QED) is 0.758. The average molecular weight is 398 g/mol. The molecule has 7 nitrogen and oxygen atoms in total. The normalized spacial score (nSPS) is 21.0. The van der Waals surface area contributed by atoms with Crippen LogP contribution in [0.5, 0.6) is 0 Å². The van der Waals surface area contributed by atoms with Gasteiger partial charge in [0, 0.05) is 10.9 Å². The van der Waals surface area contributed by atoms with E-state index >= 15 is 0 Å². The minimum Gasteiger partial charge on any atom is -0.323 e. The zero-order valence-corrected chi connectivity index (χ0v) is 16.7. The number of rotatable bonds is 5. The van der Waals surface area contributed by atoms with E-state index in [1.54, 1.807) is 6.92 Å². The van der Waals surface area contributed by atoms with Crippen LogP contribution in [0.2, 0.25) is 0 Å². The molecule has 0 bridgehead atoms. The van der Waals surface area contributed by atoms with E-state index in [1.807, 2.05) is 12.3 Å². The number of urea groups is 1. The van der Waals surface area contributed by atoms with Crippen LogP contribution >= 0.6 is 11.3 Å². The lowest BCUT2D eigenvalue weighted by Crippen LogP contribution is -2.44. The lowest BCUT2D eigenvalue weighted by atomic mass is 9.99. The van der Waals surface area contributed by atoms with Crippen molar-refractivity contribution in [2.45, 2.75) is 45.1 Å². The van der Waals surface area contributed by atoms with Crippen LogP contribution < -0.4 is 10.6 Å². The number of hydrogen-bond donors (Lipinski definition) is 2. The zero-order valence-electron chi connectivity index (χ0n) is 15.9. The van der Waals surface area contributed by atoms with Crippen LogP contribution in [0.3, 0.4) is 0 Å². The number of amides is 4. The summed E-state index contributed by atoms with van der Waals surface area (Å²) in [5, 5.41) is 7.68. The Hall–Kier alpha value is -2.74. The fraction of sp³-hybridized carbons (Fsp3) is 0.400. The molecule has 0 radical (unpaired) electrons. The molecule has 4 amide bonds. The summed E-state index contributed by atoms with van der Waals surface area (Å²) in [6.45, 7) is 3.15. The number of hydrogen-bond acceptors (Lipinski definition) is 5. The van der Waals surface area contributed by atoms with E-state index in [2.05, 4.69) is 33.8 Å². The van der Waals surface area contributed by atoms with Gasteiger partial charge in [-0.05, 0) is 49.8 Å². The molecule has 2 heterocycles. The summed E-state index contributed by atoms with van der Waals surface area (Å²) >= 11 is 1.32. The highest BCUT2D eigenvalue weighted by atomic mass is 32.1. The number of carbonyl (C=O) groups is 3. The molecule has 2 aliphatic rings. The van der Waals surface area contributed by atoms with Crippen LogP contribution in [-0.2, 0) is 22.4 Å². The van der Waals surface area contributed by atoms with Gasteiger partial charge in [-0.15, -0.1) is 11.3 Å². The Morgan fingerprint density at radius 2 is 2.11 bits per heavy atom. The lowest BCUT2D eigenvalue weighted by Gasteiger charge is -2.18. The first-order valence-electron chi connectivity index (χ1n) is 9.41. The van der Waals surface area contributed by atoms with Crippen LogP contribution in [0.4, 0.5) is 9.93 Å². The summed E-state index contributed by atoms with van der Waals surface area (Å²) < 4.78 is 0. The van der Waals surface area contributed by atoms with Crippen molar-refractivity contribution in [1.82, 2.24) is 15.2 Å². The smallest absolute Gasteiger partial charge is 0.323 e. The minimum absolute atomic E-state index is 0.325. The molecule has 146 valence electrons. The molecule has 8 heteroatoms. The highest BCUT2D eigenvalue weighted by molar-refractivity contribution is 7.14. The molecule has 0 saturated carbocycles. The van der Waals surface area contributed by atoms with Gasteiger partial charge in [0.25, 0.3) is 5.91 Å². The molecule has 4 rings (SSSR count). The van der Waals surface area contributed by atoms with E-state index in [9.17, 15) is 14.4 Å². The number of anilines is 1. The first-order valence-corrected chi connectivity index (χ1v) is 10.3. The van der Waals surface area contributed by atoms with E-state index in [1.165, 1.54) is 28.9 Å². The fourth-order valence-electron chi connectivity index (χ4n) is 3.63. The molecule has 1 atom stereocenters. The Labute approximate surface area is 167 Å². The predicted molar refractivity (Wildman–Crippen MR) is 107 cm³/mol. The van der Waals surface area contributed by atoms with E-state index in [0.717, 1.165) is 29.0 Å². The van der Waals surface area contributed by atoms with Crippen LogP contribution in [0, 0.1) is 0 Å². The molecular formula is C20H22N4O3S. The van der Waals surface area contributed by atoms with Gasteiger partial charge in [-0.2, -0.15) is 0 Å². The van der Waals surface area contributed by atoms with Gasteiger partial charge in [0.1, 0.15) is 12.1 Å². The van der Waals surface area contributed by atoms with Crippen LogP contribution in [0.25, 0.3) is 11.3 Å². The number of nitrogens with zero attached hydrogens (tertiary/aromatic N) is 2. The maximum absolute atomic E-state index is 12.4. The molecule has 1 aromatic carbocycles. The number of imide groups is 1. The van der Waals surface area contributed by atoms with Crippen LogP contribution in [0.15, 0.2) is 23.6 Å². The Balaban J connectivity index is 1.42. The summed E-state index contributed by atoms with van der Waals surface area (Å²) in [5.74, 6) is -0.827. The number of benzene rings is 1. The van der Waals surface area contributed by atoms with Crippen molar-refractivity contribution >= 4 is 34.3 Å². The predicted octanol–water partition coefficient (Wildman–Crippen LogP) is 2.96. The van der Waals surface area contributed by atoms with Crippen molar-refractivity contribution in [3.63, 3.8) is 0 Å². The Morgan fingerprint density at radius 3 is 2.86 bits per heavy atom. The van der Waals surface area contributed by atoms with Gasteiger partial charge in [-0.25, -0.2) is 9.78 Å². The Morgan fingerprint density at radius 1 is 1.32 bits per heavy atom. The summed E-state index contributed by atoms with van der Waals surface area (Å²) in [6, 6.07) is 5.84. The van der Waals surface area contributed by atoms with Crippen molar-refractivity contribution in [2.75, 3.05) is 11.9 Å². The zero-order chi connectivity index (χ0) is 19.9. The van der Waals surface area contributed by atoms with Gasteiger partial charge in [0.2, 0.25) is 5.91 Å². The fourth-order valence-corrected chi connectivity index (χ4v) is 4.36. The summed E-state index contributed by atoms with van der Waals surface area (Å²) in [4.78, 5) is 42.2. The van der Waals surface area contributed by atoms with Crippen molar-refractivity contribution < 1.29 is 14.4 Å². The second-order valence-corrected chi connectivity index (χ2v) is 8.29. The Bertz CT molecular complexity index is 970. The third-order valence-corrected chi connectivity index (χ3v) is 6.26. The standard InChI is InChI=1S/C20H22N4O3S/c1-3-20(2)17(26)24(19(27)23-20)10-16(25)22-18-21-15(11-28-18)14-8-7-12-5-4-6-13(12)9-14/h7-9,11H,3-6,10H2,1-2H3,(H,23,27)(H,21,22,25)/t20-/m0/s1. The first-order chi connectivity index (χ1) is 13.4. The van der Waals surface area contributed by atoms with Crippen molar-refractivity contribution in [3.8, 4) is 11.3 Å². The summed E-state index contributed by atoms with van der Waals surface area (Å²) in [6.07, 6.45) is 3.89. The monoisotopic (exact) mass is 398 g/mol. The summed E-state index contributed by atoms with van der Waals surface area (Å²) in [7, 11) is 0. The number of fused-ring (bicyclic) bond motifs is 1. The molecule has 1 aliphatic heterocycles.